The quantitative estimate of drug-likeness (QED) is 0.602. The van der Waals surface area contributed by atoms with Crippen LogP contribution in [0.25, 0.3) is 0 Å². The van der Waals surface area contributed by atoms with Crippen molar-refractivity contribution >= 4 is 16.1 Å². The molecular weight excluding hydrogens is 406 g/mol. The lowest BCUT2D eigenvalue weighted by Gasteiger charge is -2.36. The van der Waals surface area contributed by atoms with Crippen LogP contribution < -0.4 is 14.8 Å². The van der Waals surface area contributed by atoms with Crippen molar-refractivity contribution in [2.24, 2.45) is 5.92 Å². The van der Waals surface area contributed by atoms with Crippen molar-refractivity contribution in [3.63, 3.8) is 0 Å². The second-order valence-electron chi connectivity index (χ2n) is 8.64. The molecule has 0 bridgehead atoms. The summed E-state index contributed by atoms with van der Waals surface area (Å²) in [4.78, 5) is 14.3. The number of piperidine rings is 1. The smallest absolute Gasteiger partial charge is 0.410 e. The zero-order valence-electron chi connectivity index (χ0n) is 18.6. The lowest BCUT2D eigenvalue weighted by molar-refractivity contribution is 0.0149. The number of methoxy groups -OCH3 is 1. The van der Waals surface area contributed by atoms with Gasteiger partial charge >= 0.3 is 6.09 Å². The number of sulfonamides is 1. The topological polar surface area (TPSA) is 97.0 Å². The van der Waals surface area contributed by atoms with E-state index in [4.69, 9.17) is 9.47 Å². The molecule has 1 amide bonds. The maximum Gasteiger partial charge on any atom is 0.410 e. The highest BCUT2D eigenvalue weighted by Gasteiger charge is 2.30. The van der Waals surface area contributed by atoms with Crippen molar-refractivity contribution in [3.8, 4) is 5.75 Å². The summed E-state index contributed by atoms with van der Waals surface area (Å²) in [5.41, 5.74) is -0.505. The lowest BCUT2D eigenvalue weighted by Crippen LogP contribution is -2.48. The number of ether oxygens (including phenoxy) is 2. The Kier molecular flexibility index (Phi) is 8.52. The summed E-state index contributed by atoms with van der Waals surface area (Å²) < 4.78 is 37.9. The molecule has 0 radical (unpaired) electrons. The highest BCUT2D eigenvalue weighted by molar-refractivity contribution is 7.89. The van der Waals surface area contributed by atoms with E-state index < -0.39 is 15.6 Å². The number of carbonyl (C=O) groups is 1. The fraction of sp³-hybridized carbons (Fsp3) is 0.667. The maximum absolute atomic E-state index is 12.4. The average molecular weight is 442 g/mol. The Morgan fingerprint density at radius 2 is 1.90 bits per heavy atom. The fourth-order valence-electron chi connectivity index (χ4n) is 3.40. The first-order valence-corrected chi connectivity index (χ1v) is 11.8. The van der Waals surface area contributed by atoms with E-state index in [2.05, 4.69) is 17.0 Å². The van der Waals surface area contributed by atoms with Crippen molar-refractivity contribution in [3.05, 3.63) is 24.3 Å². The molecule has 0 aliphatic carbocycles. The number of hydrogen-bond donors (Lipinski definition) is 2. The molecule has 9 heteroatoms. The van der Waals surface area contributed by atoms with E-state index in [1.165, 1.54) is 19.2 Å². The van der Waals surface area contributed by atoms with Gasteiger partial charge in [0.25, 0.3) is 0 Å². The molecule has 1 aromatic carbocycles. The standard InChI is InChI=1S/C21H35N3O5S/c1-16(17-7-6-14-24(15-17)20(25)29-21(2,3)4)22-12-13-23-30(26,27)19-10-8-18(28-5)9-11-19/h8-11,16-17,22-23H,6-7,12-15H2,1-5H3/t16-,17+/m1/s1. The highest BCUT2D eigenvalue weighted by atomic mass is 32.2. The summed E-state index contributed by atoms with van der Waals surface area (Å²) in [7, 11) is -2.03. The van der Waals surface area contributed by atoms with Crippen LogP contribution in [0, 0.1) is 5.92 Å². The van der Waals surface area contributed by atoms with Gasteiger partial charge in [0.1, 0.15) is 11.4 Å². The van der Waals surface area contributed by atoms with Crippen LogP contribution in [0.1, 0.15) is 40.5 Å². The Hall–Kier alpha value is -1.84. The van der Waals surface area contributed by atoms with Gasteiger partial charge < -0.3 is 19.7 Å². The van der Waals surface area contributed by atoms with Crippen LogP contribution in [0.2, 0.25) is 0 Å². The molecule has 1 fully saturated rings. The number of hydrogen-bond acceptors (Lipinski definition) is 6. The minimum Gasteiger partial charge on any atom is -0.497 e. The van der Waals surface area contributed by atoms with E-state index in [0.717, 1.165) is 12.8 Å². The van der Waals surface area contributed by atoms with Gasteiger partial charge in [0.2, 0.25) is 10.0 Å². The summed E-state index contributed by atoms with van der Waals surface area (Å²) in [5.74, 6) is 0.904. The summed E-state index contributed by atoms with van der Waals surface area (Å²) >= 11 is 0. The number of benzene rings is 1. The number of nitrogens with one attached hydrogen (secondary N) is 2. The molecule has 0 saturated carbocycles. The van der Waals surface area contributed by atoms with Gasteiger partial charge in [0.05, 0.1) is 12.0 Å². The van der Waals surface area contributed by atoms with Crippen LogP contribution in [0.5, 0.6) is 5.75 Å². The monoisotopic (exact) mass is 441 g/mol. The van der Waals surface area contributed by atoms with Crippen LogP contribution in [0.4, 0.5) is 4.79 Å². The molecule has 2 N–H and O–H groups in total. The van der Waals surface area contributed by atoms with Crippen molar-refractivity contribution < 1.29 is 22.7 Å². The number of rotatable bonds is 8. The van der Waals surface area contributed by atoms with Crippen LogP contribution >= 0.6 is 0 Å². The molecule has 0 spiro atoms. The molecule has 1 saturated heterocycles. The van der Waals surface area contributed by atoms with Gasteiger partial charge in [-0.15, -0.1) is 0 Å². The van der Waals surface area contributed by atoms with Crippen LogP contribution in [-0.2, 0) is 14.8 Å². The molecule has 1 aliphatic rings. The summed E-state index contributed by atoms with van der Waals surface area (Å²) in [6.07, 6.45) is 1.68. The maximum atomic E-state index is 12.4. The molecule has 1 aromatic rings. The predicted molar refractivity (Wildman–Crippen MR) is 116 cm³/mol. The van der Waals surface area contributed by atoms with E-state index in [1.54, 1.807) is 17.0 Å². The van der Waals surface area contributed by atoms with Gasteiger partial charge in [-0.2, -0.15) is 0 Å². The first kappa shape index (κ1) is 24.4. The summed E-state index contributed by atoms with van der Waals surface area (Å²) in [6, 6.07) is 6.43. The third-order valence-corrected chi connectivity index (χ3v) is 6.55. The molecule has 170 valence electrons. The highest BCUT2D eigenvalue weighted by Crippen LogP contribution is 2.22. The normalized spacial score (nSPS) is 18.7. The SMILES string of the molecule is COc1ccc(S(=O)(=O)NCCN[C@H](C)[C@H]2CCCN(C(=O)OC(C)(C)C)C2)cc1. The molecule has 0 unspecified atom stereocenters. The van der Waals surface area contributed by atoms with Gasteiger partial charge in [-0.3, -0.25) is 0 Å². The van der Waals surface area contributed by atoms with Gasteiger partial charge in [0, 0.05) is 32.2 Å². The Balaban J connectivity index is 1.78. The molecular formula is C21H35N3O5S. The first-order valence-electron chi connectivity index (χ1n) is 10.4. The zero-order valence-corrected chi connectivity index (χ0v) is 19.4. The van der Waals surface area contributed by atoms with Crippen LogP contribution in [-0.4, -0.2) is 64.3 Å². The van der Waals surface area contributed by atoms with Gasteiger partial charge in [0.15, 0.2) is 0 Å². The van der Waals surface area contributed by atoms with E-state index in [9.17, 15) is 13.2 Å². The van der Waals surface area contributed by atoms with Crippen LogP contribution in [0.3, 0.4) is 0 Å². The molecule has 2 rings (SSSR count). The van der Waals surface area contributed by atoms with Crippen molar-refractivity contribution in [1.29, 1.82) is 0 Å². The summed E-state index contributed by atoms with van der Waals surface area (Å²) in [6.45, 7) is 9.79. The Morgan fingerprint density at radius 3 is 2.50 bits per heavy atom. The predicted octanol–water partition coefficient (Wildman–Crippen LogP) is 2.60. The van der Waals surface area contributed by atoms with Crippen molar-refractivity contribution in [2.45, 2.75) is 57.1 Å². The van der Waals surface area contributed by atoms with E-state index >= 15 is 0 Å². The largest absolute Gasteiger partial charge is 0.497 e. The Labute approximate surface area is 180 Å². The van der Waals surface area contributed by atoms with Crippen LogP contribution in [0.15, 0.2) is 29.2 Å². The van der Waals surface area contributed by atoms with Crippen molar-refractivity contribution in [2.75, 3.05) is 33.3 Å². The number of carbonyl (C=O) groups excluding carboxylic acids is 1. The number of nitrogens with zero attached hydrogens (tertiary/aromatic N) is 1. The van der Waals surface area contributed by atoms with Crippen molar-refractivity contribution in [1.82, 2.24) is 14.9 Å². The first-order chi connectivity index (χ1) is 14.0. The molecule has 8 nitrogen and oxygen atoms in total. The fourth-order valence-corrected chi connectivity index (χ4v) is 4.43. The molecule has 1 heterocycles. The molecule has 0 aromatic heterocycles. The number of likely N-dealkylation sites (tertiary alicyclic amines) is 1. The lowest BCUT2D eigenvalue weighted by atomic mass is 9.92. The Bertz CT molecular complexity index is 790. The van der Waals surface area contributed by atoms with E-state index in [0.29, 0.717) is 31.3 Å². The average Bonchev–Trinajstić information content (AvgIpc) is 2.70. The summed E-state index contributed by atoms with van der Waals surface area (Å²) in [5, 5.41) is 3.38. The van der Waals surface area contributed by atoms with Gasteiger partial charge in [-0.25, -0.2) is 17.9 Å². The second-order valence-corrected chi connectivity index (χ2v) is 10.4. The number of amides is 1. The van der Waals surface area contributed by atoms with Gasteiger partial charge in [-0.1, -0.05) is 0 Å². The third-order valence-electron chi connectivity index (χ3n) is 5.07. The molecule has 2 atom stereocenters. The van der Waals surface area contributed by atoms with E-state index in [1.807, 2.05) is 20.8 Å². The van der Waals surface area contributed by atoms with Gasteiger partial charge in [-0.05, 0) is 70.7 Å². The minimum absolute atomic E-state index is 0.153. The second kappa shape index (κ2) is 10.5. The molecule has 30 heavy (non-hydrogen) atoms. The minimum atomic E-state index is -3.56. The third kappa shape index (κ3) is 7.45. The zero-order chi connectivity index (χ0) is 22.4. The Morgan fingerprint density at radius 1 is 1.23 bits per heavy atom. The van der Waals surface area contributed by atoms with E-state index in [-0.39, 0.29) is 23.6 Å². The molecule has 1 aliphatic heterocycles.